The van der Waals surface area contributed by atoms with Crippen LogP contribution < -0.4 is 20.9 Å². The van der Waals surface area contributed by atoms with Crippen molar-refractivity contribution in [3.05, 3.63) is 71.0 Å². The van der Waals surface area contributed by atoms with Gasteiger partial charge in [-0.3, -0.25) is 4.90 Å². The number of hydrogen-bond acceptors (Lipinski definition) is 6. The maximum atomic E-state index is 13.8. The zero-order valence-electron chi connectivity index (χ0n) is 22.7. The van der Waals surface area contributed by atoms with Gasteiger partial charge in [-0.2, -0.15) is 13.2 Å². The molecule has 1 unspecified atom stereocenters. The van der Waals surface area contributed by atoms with Crippen LogP contribution in [0.5, 0.6) is 5.75 Å². The van der Waals surface area contributed by atoms with E-state index in [0.717, 1.165) is 24.9 Å². The minimum atomic E-state index is -4.59. The number of carbonyl (C=O) groups excluding carboxylic acids is 1. The smallest absolute Gasteiger partial charge is 0.417 e. The van der Waals surface area contributed by atoms with Crippen LogP contribution in [0.3, 0.4) is 0 Å². The van der Waals surface area contributed by atoms with E-state index < -0.39 is 23.9 Å². The standard InChI is InChI=1S/C29H33F3N4O4/c1-28(2,3)25-19-26(35-40-25)34-27(37)33-22-9-5-20(6-10-22)4-7-21-8-11-23(18-24(21)29(30,31)32)39-17-14-36-12-15-38-16-13-36/h5-6,8-11,18-19,26,35H,12-17H2,1-3H3,(H2,33,34,37). The fourth-order valence-electron chi connectivity index (χ4n) is 3.98. The molecule has 0 radical (unpaired) electrons. The minimum absolute atomic E-state index is 0.143. The summed E-state index contributed by atoms with van der Waals surface area (Å²) in [5.74, 6) is 6.25. The highest BCUT2D eigenvalue weighted by Gasteiger charge is 2.33. The average Bonchev–Trinajstić information content (AvgIpc) is 3.38. The molecule has 2 amide bonds. The highest BCUT2D eigenvalue weighted by molar-refractivity contribution is 5.89. The van der Waals surface area contributed by atoms with Crippen LogP contribution in [0.4, 0.5) is 23.7 Å². The molecule has 2 aromatic carbocycles. The summed E-state index contributed by atoms with van der Waals surface area (Å²) < 4.78 is 52.2. The fourth-order valence-corrected chi connectivity index (χ4v) is 3.98. The quantitative estimate of drug-likeness (QED) is 0.445. The summed E-state index contributed by atoms with van der Waals surface area (Å²) in [6.07, 6.45) is -3.28. The van der Waals surface area contributed by atoms with Crippen molar-refractivity contribution in [2.75, 3.05) is 44.8 Å². The molecular formula is C29H33F3N4O4. The predicted molar refractivity (Wildman–Crippen MR) is 144 cm³/mol. The van der Waals surface area contributed by atoms with E-state index in [2.05, 4.69) is 32.9 Å². The third kappa shape index (κ3) is 8.39. The summed E-state index contributed by atoms with van der Waals surface area (Å²) in [5, 5.41) is 5.43. The molecule has 11 heteroatoms. The number of anilines is 1. The van der Waals surface area contributed by atoms with Gasteiger partial charge >= 0.3 is 12.2 Å². The van der Waals surface area contributed by atoms with Gasteiger partial charge in [0.1, 0.15) is 24.3 Å². The van der Waals surface area contributed by atoms with E-state index in [9.17, 15) is 18.0 Å². The van der Waals surface area contributed by atoms with Crippen LogP contribution in [0.25, 0.3) is 0 Å². The zero-order valence-corrected chi connectivity index (χ0v) is 22.7. The number of morpholine rings is 1. The summed E-state index contributed by atoms with van der Waals surface area (Å²) in [6.45, 7) is 9.72. The molecule has 214 valence electrons. The van der Waals surface area contributed by atoms with Crippen molar-refractivity contribution in [1.29, 1.82) is 0 Å². The van der Waals surface area contributed by atoms with Gasteiger partial charge in [-0.15, -0.1) is 5.48 Å². The molecule has 3 N–H and O–H groups in total. The van der Waals surface area contributed by atoms with Crippen LogP contribution in [-0.4, -0.2) is 56.6 Å². The molecule has 1 fully saturated rings. The fraction of sp³-hybridized carbons (Fsp3) is 0.414. The van der Waals surface area contributed by atoms with E-state index in [0.29, 0.717) is 31.0 Å². The van der Waals surface area contributed by atoms with Crippen LogP contribution >= 0.6 is 0 Å². The average molecular weight is 559 g/mol. The zero-order chi connectivity index (χ0) is 28.8. The van der Waals surface area contributed by atoms with Gasteiger partial charge in [-0.25, -0.2) is 4.79 Å². The SMILES string of the molecule is CC(C)(C)C1=CC(NC(=O)Nc2ccc(C#Cc3ccc(OCCN4CCOCC4)cc3C(F)(F)F)cc2)NO1. The molecule has 0 aromatic heterocycles. The normalized spacial score (nSPS) is 17.8. The van der Waals surface area contributed by atoms with Gasteiger partial charge in [0.15, 0.2) is 0 Å². The lowest BCUT2D eigenvalue weighted by atomic mass is 9.94. The lowest BCUT2D eigenvalue weighted by Crippen LogP contribution is -2.43. The summed E-state index contributed by atoms with van der Waals surface area (Å²) in [4.78, 5) is 19.9. The number of rotatable bonds is 6. The number of allylic oxidation sites excluding steroid dienone is 1. The second-order valence-electron chi connectivity index (χ2n) is 10.4. The lowest BCUT2D eigenvalue weighted by Gasteiger charge is -2.26. The molecule has 4 rings (SSSR count). The topological polar surface area (TPSA) is 84.1 Å². The molecule has 2 aliphatic heterocycles. The van der Waals surface area contributed by atoms with Crippen molar-refractivity contribution in [3.63, 3.8) is 0 Å². The van der Waals surface area contributed by atoms with Crippen LogP contribution in [0.2, 0.25) is 0 Å². The Kier molecular flexibility index (Phi) is 9.25. The molecule has 0 aliphatic carbocycles. The van der Waals surface area contributed by atoms with E-state index in [1.165, 1.54) is 12.1 Å². The van der Waals surface area contributed by atoms with E-state index in [-0.39, 0.29) is 23.3 Å². The highest BCUT2D eigenvalue weighted by atomic mass is 19.4. The summed E-state index contributed by atoms with van der Waals surface area (Å²) in [6, 6.07) is 9.83. The van der Waals surface area contributed by atoms with Crippen molar-refractivity contribution < 1.29 is 32.3 Å². The predicted octanol–water partition coefficient (Wildman–Crippen LogP) is 4.73. The molecular weight excluding hydrogens is 525 g/mol. The van der Waals surface area contributed by atoms with Gasteiger partial charge in [0.25, 0.3) is 0 Å². The first-order valence-corrected chi connectivity index (χ1v) is 13.0. The van der Waals surface area contributed by atoms with E-state index in [1.807, 2.05) is 20.8 Å². The monoisotopic (exact) mass is 558 g/mol. The number of hydrogen-bond donors (Lipinski definition) is 3. The van der Waals surface area contributed by atoms with Crippen molar-refractivity contribution in [1.82, 2.24) is 15.7 Å². The number of nitrogens with zero attached hydrogens (tertiary/aromatic N) is 1. The summed E-state index contributed by atoms with van der Waals surface area (Å²) >= 11 is 0. The number of ether oxygens (including phenoxy) is 2. The molecule has 1 saturated heterocycles. The minimum Gasteiger partial charge on any atom is -0.492 e. The first-order chi connectivity index (χ1) is 19.0. The van der Waals surface area contributed by atoms with E-state index in [1.54, 1.807) is 30.3 Å². The Morgan fingerprint density at radius 2 is 1.82 bits per heavy atom. The van der Waals surface area contributed by atoms with Gasteiger partial charge < -0.3 is 24.9 Å². The molecule has 2 heterocycles. The van der Waals surface area contributed by atoms with Crippen LogP contribution in [0.15, 0.2) is 54.3 Å². The van der Waals surface area contributed by atoms with Gasteiger partial charge in [0.2, 0.25) is 0 Å². The van der Waals surface area contributed by atoms with Crippen LogP contribution in [0.1, 0.15) is 37.5 Å². The number of hydroxylamine groups is 1. The van der Waals surface area contributed by atoms with Gasteiger partial charge in [0.05, 0.1) is 18.8 Å². The van der Waals surface area contributed by atoms with Crippen molar-refractivity contribution in [2.24, 2.45) is 5.41 Å². The Balaban J connectivity index is 1.35. The second-order valence-corrected chi connectivity index (χ2v) is 10.4. The maximum Gasteiger partial charge on any atom is 0.417 e. The van der Waals surface area contributed by atoms with Gasteiger partial charge in [-0.05, 0) is 48.5 Å². The number of benzene rings is 2. The Bertz CT molecular complexity index is 1270. The Labute approximate surface area is 231 Å². The van der Waals surface area contributed by atoms with Crippen LogP contribution in [0, 0.1) is 17.3 Å². The molecule has 0 spiro atoms. The number of nitrogens with one attached hydrogen (secondary N) is 3. The number of urea groups is 1. The number of amides is 2. The van der Waals surface area contributed by atoms with Crippen molar-refractivity contribution in [3.8, 4) is 17.6 Å². The first-order valence-electron chi connectivity index (χ1n) is 13.0. The summed E-state index contributed by atoms with van der Waals surface area (Å²) in [7, 11) is 0. The molecule has 40 heavy (non-hydrogen) atoms. The third-order valence-electron chi connectivity index (χ3n) is 6.20. The summed E-state index contributed by atoms with van der Waals surface area (Å²) in [5.41, 5.74) is 2.53. The Morgan fingerprint density at radius 1 is 1.10 bits per heavy atom. The molecule has 1 atom stereocenters. The molecule has 2 aromatic rings. The Morgan fingerprint density at radius 3 is 2.48 bits per heavy atom. The van der Waals surface area contributed by atoms with Gasteiger partial charge in [-0.1, -0.05) is 32.6 Å². The largest absolute Gasteiger partial charge is 0.492 e. The Hall–Kier alpha value is -3.72. The van der Waals surface area contributed by atoms with E-state index >= 15 is 0 Å². The van der Waals surface area contributed by atoms with Crippen LogP contribution in [-0.2, 0) is 15.8 Å². The molecule has 0 saturated carbocycles. The number of halogens is 3. The maximum absolute atomic E-state index is 13.8. The van der Waals surface area contributed by atoms with Crippen molar-refractivity contribution in [2.45, 2.75) is 33.1 Å². The second kappa shape index (κ2) is 12.6. The third-order valence-corrected chi connectivity index (χ3v) is 6.20. The van der Waals surface area contributed by atoms with Gasteiger partial charge in [0, 0.05) is 41.9 Å². The lowest BCUT2D eigenvalue weighted by molar-refractivity contribution is -0.137. The number of alkyl halides is 3. The molecule has 2 aliphatic rings. The van der Waals surface area contributed by atoms with E-state index in [4.69, 9.17) is 14.3 Å². The highest BCUT2D eigenvalue weighted by Crippen LogP contribution is 2.34. The number of carbonyl (C=O) groups is 1. The molecule has 0 bridgehead atoms. The van der Waals surface area contributed by atoms with Crippen molar-refractivity contribution >= 4 is 11.7 Å². The first kappa shape index (κ1) is 29.3. The molecule has 8 nitrogen and oxygen atoms in total.